The Bertz CT molecular complexity index is 1110. The van der Waals surface area contributed by atoms with Gasteiger partial charge in [0, 0.05) is 11.8 Å². The predicted molar refractivity (Wildman–Crippen MR) is 89.6 cm³/mol. The summed E-state index contributed by atoms with van der Waals surface area (Å²) in [6.45, 7) is 0. The molecule has 1 amide bonds. The number of nitrogens with zero attached hydrogens (tertiary/aromatic N) is 4. The zero-order chi connectivity index (χ0) is 16.5. The predicted octanol–water partition coefficient (Wildman–Crippen LogP) is 3.01. The number of carbonyl (C=O) groups is 1. The molecule has 0 atom stereocenters. The number of hydrogen-bond donors (Lipinski definition) is 1. The Morgan fingerprint density at radius 1 is 1.04 bits per heavy atom. The van der Waals surface area contributed by atoms with Crippen LogP contribution < -0.4 is 5.32 Å². The monoisotopic (exact) mass is 313 g/mol. The maximum atomic E-state index is 12.3. The highest BCUT2D eigenvalue weighted by atomic mass is 16.1. The molecule has 2 heterocycles. The SMILES string of the molecule is N#Cc1cn2c(nc1NC(=O)c1ccccc1)nc1ccccc12. The van der Waals surface area contributed by atoms with Crippen molar-refractivity contribution in [3.63, 3.8) is 0 Å². The van der Waals surface area contributed by atoms with Crippen molar-refractivity contribution in [3.8, 4) is 6.07 Å². The quantitative estimate of drug-likeness (QED) is 0.616. The minimum atomic E-state index is -0.319. The molecule has 2 aromatic carbocycles. The molecule has 4 rings (SSSR count). The zero-order valence-corrected chi connectivity index (χ0v) is 12.5. The summed E-state index contributed by atoms with van der Waals surface area (Å²) >= 11 is 0. The van der Waals surface area contributed by atoms with Gasteiger partial charge in [0.15, 0.2) is 5.82 Å². The Morgan fingerprint density at radius 2 is 1.79 bits per heavy atom. The number of hydrogen-bond acceptors (Lipinski definition) is 4. The van der Waals surface area contributed by atoms with Crippen molar-refractivity contribution in [3.05, 3.63) is 71.9 Å². The minimum Gasteiger partial charge on any atom is -0.305 e. The molecule has 4 aromatic rings. The first-order chi connectivity index (χ1) is 11.8. The van der Waals surface area contributed by atoms with Gasteiger partial charge < -0.3 is 5.32 Å². The summed E-state index contributed by atoms with van der Waals surface area (Å²) < 4.78 is 1.74. The fraction of sp³-hybridized carbons (Fsp3) is 0. The van der Waals surface area contributed by atoms with E-state index in [1.165, 1.54) is 0 Å². The van der Waals surface area contributed by atoms with Crippen LogP contribution in [0.15, 0.2) is 60.8 Å². The van der Waals surface area contributed by atoms with Gasteiger partial charge in [-0.05, 0) is 24.3 Å². The smallest absolute Gasteiger partial charge is 0.256 e. The van der Waals surface area contributed by atoms with Gasteiger partial charge in [0.1, 0.15) is 11.6 Å². The van der Waals surface area contributed by atoms with Crippen molar-refractivity contribution in [2.24, 2.45) is 0 Å². The highest BCUT2D eigenvalue weighted by Crippen LogP contribution is 2.20. The average Bonchev–Trinajstić information content (AvgIpc) is 2.99. The van der Waals surface area contributed by atoms with Gasteiger partial charge in [0.2, 0.25) is 5.78 Å². The van der Waals surface area contributed by atoms with Crippen molar-refractivity contribution < 1.29 is 4.79 Å². The maximum absolute atomic E-state index is 12.3. The number of carbonyl (C=O) groups excluding carboxylic acids is 1. The van der Waals surface area contributed by atoms with E-state index >= 15 is 0 Å². The normalized spacial score (nSPS) is 10.6. The van der Waals surface area contributed by atoms with Crippen LogP contribution in [0.4, 0.5) is 5.82 Å². The van der Waals surface area contributed by atoms with E-state index in [9.17, 15) is 10.1 Å². The van der Waals surface area contributed by atoms with Crippen LogP contribution >= 0.6 is 0 Å². The number of anilines is 1. The summed E-state index contributed by atoms with van der Waals surface area (Å²) in [7, 11) is 0. The molecule has 0 spiro atoms. The molecule has 0 saturated carbocycles. The second kappa shape index (κ2) is 5.48. The van der Waals surface area contributed by atoms with Crippen molar-refractivity contribution >= 4 is 28.5 Å². The average molecular weight is 313 g/mol. The first kappa shape index (κ1) is 13.9. The molecular formula is C18H11N5O. The third-order valence-electron chi connectivity index (χ3n) is 3.69. The molecule has 24 heavy (non-hydrogen) atoms. The molecule has 0 fully saturated rings. The van der Waals surface area contributed by atoms with E-state index in [1.54, 1.807) is 34.9 Å². The Morgan fingerprint density at radius 3 is 2.58 bits per heavy atom. The number of nitrogens with one attached hydrogen (secondary N) is 1. The molecular weight excluding hydrogens is 302 g/mol. The number of imidazole rings is 1. The van der Waals surface area contributed by atoms with Crippen LogP contribution in [-0.2, 0) is 0 Å². The van der Waals surface area contributed by atoms with Crippen LogP contribution in [0.25, 0.3) is 16.8 Å². The second-order valence-corrected chi connectivity index (χ2v) is 5.21. The number of nitriles is 1. The Kier molecular flexibility index (Phi) is 3.18. The van der Waals surface area contributed by atoms with Gasteiger partial charge in [-0.15, -0.1) is 0 Å². The molecule has 0 aliphatic rings. The summed E-state index contributed by atoms with van der Waals surface area (Å²) in [6.07, 6.45) is 1.64. The van der Waals surface area contributed by atoms with Gasteiger partial charge in [-0.2, -0.15) is 10.2 Å². The van der Waals surface area contributed by atoms with Gasteiger partial charge in [-0.25, -0.2) is 4.98 Å². The van der Waals surface area contributed by atoms with Crippen LogP contribution in [0.5, 0.6) is 0 Å². The molecule has 0 bridgehead atoms. The Balaban J connectivity index is 1.82. The lowest BCUT2D eigenvalue weighted by atomic mass is 10.2. The van der Waals surface area contributed by atoms with Crippen LogP contribution in [0.2, 0.25) is 0 Å². The summed E-state index contributed by atoms with van der Waals surface area (Å²) in [5.41, 5.74) is 2.41. The molecule has 0 aliphatic heterocycles. The van der Waals surface area contributed by atoms with Gasteiger partial charge >= 0.3 is 0 Å². The Labute approximate surface area is 137 Å². The van der Waals surface area contributed by atoms with Crippen LogP contribution in [0.3, 0.4) is 0 Å². The Hall–Kier alpha value is -3.72. The second-order valence-electron chi connectivity index (χ2n) is 5.21. The highest BCUT2D eigenvalue weighted by Gasteiger charge is 2.14. The fourth-order valence-electron chi connectivity index (χ4n) is 2.53. The minimum absolute atomic E-state index is 0.203. The lowest BCUT2D eigenvalue weighted by Crippen LogP contribution is -2.14. The number of benzene rings is 2. The van der Waals surface area contributed by atoms with E-state index in [1.807, 2.05) is 30.3 Å². The molecule has 114 valence electrons. The summed E-state index contributed by atoms with van der Waals surface area (Å²) in [6, 6.07) is 18.4. The third-order valence-corrected chi connectivity index (χ3v) is 3.69. The topological polar surface area (TPSA) is 83.1 Å². The van der Waals surface area contributed by atoms with Crippen LogP contribution in [-0.4, -0.2) is 20.3 Å². The van der Waals surface area contributed by atoms with E-state index < -0.39 is 0 Å². The largest absolute Gasteiger partial charge is 0.305 e. The summed E-state index contributed by atoms with van der Waals surface area (Å²) in [4.78, 5) is 21.1. The van der Waals surface area contributed by atoms with E-state index in [0.717, 1.165) is 11.0 Å². The van der Waals surface area contributed by atoms with Crippen LogP contribution in [0.1, 0.15) is 15.9 Å². The fourth-order valence-corrected chi connectivity index (χ4v) is 2.53. The standard InChI is InChI=1S/C18H11N5O/c19-10-13-11-23-15-9-5-4-8-14(15)20-18(23)22-16(13)21-17(24)12-6-2-1-3-7-12/h1-9,11H,(H,20,21,22,24). The number of amides is 1. The molecule has 0 saturated heterocycles. The van der Waals surface area contributed by atoms with Gasteiger partial charge in [0.05, 0.1) is 11.0 Å². The third kappa shape index (κ3) is 2.25. The molecule has 0 unspecified atom stereocenters. The summed E-state index contributed by atoms with van der Waals surface area (Å²) in [5.74, 6) is 0.313. The van der Waals surface area contributed by atoms with E-state index in [0.29, 0.717) is 11.3 Å². The van der Waals surface area contributed by atoms with Crippen molar-refractivity contribution in [2.45, 2.75) is 0 Å². The molecule has 0 aliphatic carbocycles. The number of para-hydroxylation sites is 2. The van der Waals surface area contributed by atoms with Crippen molar-refractivity contribution in [2.75, 3.05) is 5.32 Å². The lowest BCUT2D eigenvalue weighted by Gasteiger charge is -2.07. The van der Waals surface area contributed by atoms with Gasteiger partial charge in [-0.1, -0.05) is 30.3 Å². The van der Waals surface area contributed by atoms with Crippen molar-refractivity contribution in [1.82, 2.24) is 14.4 Å². The highest BCUT2D eigenvalue weighted by molar-refractivity contribution is 6.04. The van der Waals surface area contributed by atoms with Gasteiger partial charge in [0.25, 0.3) is 5.91 Å². The maximum Gasteiger partial charge on any atom is 0.256 e. The summed E-state index contributed by atoms with van der Waals surface area (Å²) in [5, 5.41) is 12.1. The number of aromatic nitrogens is 3. The molecule has 1 N–H and O–H groups in total. The molecule has 2 aromatic heterocycles. The molecule has 6 heteroatoms. The van der Waals surface area contributed by atoms with E-state index in [-0.39, 0.29) is 17.3 Å². The van der Waals surface area contributed by atoms with E-state index in [4.69, 9.17) is 0 Å². The first-order valence-corrected chi connectivity index (χ1v) is 7.30. The number of rotatable bonds is 2. The lowest BCUT2D eigenvalue weighted by molar-refractivity contribution is 0.102. The van der Waals surface area contributed by atoms with Crippen LogP contribution in [0, 0.1) is 11.3 Å². The van der Waals surface area contributed by atoms with E-state index in [2.05, 4.69) is 21.4 Å². The zero-order valence-electron chi connectivity index (χ0n) is 12.5. The van der Waals surface area contributed by atoms with Crippen molar-refractivity contribution in [1.29, 1.82) is 5.26 Å². The molecule has 6 nitrogen and oxygen atoms in total. The first-order valence-electron chi connectivity index (χ1n) is 7.30. The molecule has 0 radical (unpaired) electrons. The van der Waals surface area contributed by atoms with Gasteiger partial charge in [-0.3, -0.25) is 9.20 Å². The number of fused-ring (bicyclic) bond motifs is 3.